The summed E-state index contributed by atoms with van der Waals surface area (Å²) < 4.78 is 28.2. The van der Waals surface area contributed by atoms with Gasteiger partial charge in [-0.2, -0.15) is 0 Å². The van der Waals surface area contributed by atoms with Gasteiger partial charge in [-0.25, -0.2) is 13.1 Å². The molecule has 0 saturated heterocycles. The van der Waals surface area contributed by atoms with Crippen molar-refractivity contribution in [3.8, 4) is 0 Å². The van der Waals surface area contributed by atoms with Crippen molar-refractivity contribution in [3.63, 3.8) is 0 Å². The van der Waals surface area contributed by atoms with Gasteiger partial charge in [0.1, 0.15) is 0 Å². The van der Waals surface area contributed by atoms with Crippen LogP contribution in [0.1, 0.15) is 17.2 Å². The fourth-order valence-corrected chi connectivity index (χ4v) is 3.48. The minimum Gasteiger partial charge on any atom is -0.394 e. The molecule has 0 aliphatic heterocycles. The van der Waals surface area contributed by atoms with Crippen LogP contribution in [-0.2, 0) is 10.0 Å². The van der Waals surface area contributed by atoms with Crippen LogP contribution in [0.3, 0.4) is 0 Å². The van der Waals surface area contributed by atoms with Gasteiger partial charge in [-0.3, -0.25) is 0 Å². The van der Waals surface area contributed by atoms with Gasteiger partial charge in [-0.15, -0.1) is 0 Å². The Hall–Kier alpha value is -1.21. The fraction of sp³-hybridized carbons (Fsp3) is 0.200. The van der Waals surface area contributed by atoms with E-state index in [-0.39, 0.29) is 11.5 Å². The molecule has 0 heterocycles. The van der Waals surface area contributed by atoms with Crippen molar-refractivity contribution >= 4 is 26.0 Å². The van der Waals surface area contributed by atoms with E-state index in [1.165, 1.54) is 6.07 Å². The molecule has 1 atom stereocenters. The Morgan fingerprint density at radius 2 is 1.86 bits per heavy atom. The minimum absolute atomic E-state index is 0.178. The van der Waals surface area contributed by atoms with Gasteiger partial charge in [-0.1, -0.05) is 46.3 Å². The van der Waals surface area contributed by atoms with Crippen LogP contribution in [0.4, 0.5) is 0 Å². The van der Waals surface area contributed by atoms with E-state index >= 15 is 0 Å². The molecular weight excluding hydrogens is 354 g/mol. The van der Waals surface area contributed by atoms with E-state index in [0.717, 1.165) is 15.6 Å². The zero-order valence-electron chi connectivity index (χ0n) is 11.5. The van der Waals surface area contributed by atoms with Crippen molar-refractivity contribution in [2.75, 3.05) is 6.61 Å². The minimum atomic E-state index is -3.69. The highest BCUT2D eigenvalue weighted by molar-refractivity contribution is 9.10. The highest BCUT2D eigenvalue weighted by Gasteiger charge is 2.21. The summed E-state index contributed by atoms with van der Waals surface area (Å²) >= 11 is 3.34. The molecular formula is C15H16BrNO3S. The summed E-state index contributed by atoms with van der Waals surface area (Å²) in [5, 5.41) is 9.45. The normalized spacial score (nSPS) is 13.1. The van der Waals surface area contributed by atoms with E-state index < -0.39 is 16.1 Å². The topological polar surface area (TPSA) is 66.4 Å². The third kappa shape index (κ3) is 3.91. The largest absolute Gasteiger partial charge is 0.394 e. The predicted octanol–water partition coefficient (Wildman–Crippen LogP) is 2.77. The second kappa shape index (κ2) is 6.70. The molecule has 0 bridgehead atoms. The van der Waals surface area contributed by atoms with E-state index in [4.69, 9.17) is 0 Å². The first-order valence-corrected chi connectivity index (χ1v) is 8.66. The summed E-state index contributed by atoms with van der Waals surface area (Å²) in [6.07, 6.45) is 0. The van der Waals surface area contributed by atoms with Gasteiger partial charge in [0.15, 0.2) is 0 Å². The highest BCUT2D eigenvalue weighted by Crippen LogP contribution is 2.22. The number of sulfonamides is 1. The molecule has 0 fully saturated rings. The summed E-state index contributed by atoms with van der Waals surface area (Å²) in [4.78, 5) is 0.178. The predicted molar refractivity (Wildman–Crippen MR) is 85.5 cm³/mol. The molecule has 2 N–H and O–H groups in total. The first kappa shape index (κ1) is 16.2. The van der Waals surface area contributed by atoms with Crippen molar-refractivity contribution in [1.29, 1.82) is 0 Å². The SMILES string of the molecule is Cc1cc(S(=O)(=O)N[C@@H](CO)c2ccccc2)ccc1Br. The van der Waals surface area contributed by atoms with E-state index in [2.05, 4.69) is 20.7 Å². The number of halogens is 1. The standard InChI is InChI=1S/C15H16BrNO3S/c1-11-9-13(7-8-14(11)16)21(19,20)17-15(10-18)12-5-3-2-4-6-12/h2-9,15,17-18H,10H2,1H3/t15-/m0/s1. The summed E-state index contributed by atoms with van der Waals surface area (Å²) in [7, 11) is -3.69. The number of aryl methyl sites for hydroxylation is 1. The number of hydrogen-bond acceptors (Lipinski definition) is 3. The third-order valence-corrected chi connectivity index (χ3v) is 5.48. The maximum atomic E-state index is 12.4. The van der Waals surface area contributed by atoms with Crippen LogP contribution in [0.5, 0.6) is 0 Å². The number of nitrogens with one attached hydrogen (secondary N) is 1. The lowest BCUT2D eigenvalue weighted by atomic mass is 10.1. The van der Waals surface area contributed by atoms with Crippen molar-refractivity contribution in [3.05, 3.63) is 64.1 Å². The average Bonchev–Trinajstić information content (AvgIpc) is 2.48. The van der Waals surface area contributed by atoms with Crippen molar-refractivity contribution in [1.82, 2.24) is 4.72 Å². The van der Waals surface area contributed by atoms with Gasteiger partial charge < -0.3 is 5.11 Å². The number of aliphatic hydroxyl groups is 1. The van der Waals surface area contributed by atoms with Crippen LogP contribution >= 0.6 is 15.9 Å². The molecule has 0 aliphatic carbocycles. The maximum Gasteiger partial charge on any atom is 0.241 e. The number of benzene rings is 2. The average molecular weight is 370 g/mol. The molecule has 0 amide bonds. The molecule has 6 heteroatoms. The Morgan fingerprint density at radius 1 is 1.19 bits per heavy atom. The van der Waals surface area contributed by atoms with Crippen LogP contribution < -0.4 is 4.72 Å². The van der Waals surface area contributed by atoms with Crippen molar-refractivity contribution in [2.45, 2.75) is 17.9 Å². The van der Waals surface area contributed by atoms with E-state index in [1.807, 2.05) is 13.0 Å². The van der Waals surface area contributed by atoms with Gasteiger partial charge in [0, 0.05) is 4.47 Å². The monoisotopic (exact) mass is 369 g/mol. The summed E-state index contributed by atoms with van der Waals surface area (Å²) in [5.74, 6) is 0. The third-order valence-electron chi connectivity index (χ3n) is 3.12. The van der Waals surface area contributed by atoms with Gasteiger partial charge in [0.05, 0.1) is 17.5 Å². The van der Waals surface area contributed by atoms with Crippen LogP contribution in [0.25, 0.3) is 0 Å². The fourth-order valence-electron chi connectivity index (χ4n) is 1.94. The summed E-state index contributed by atoms with van der Waals surface area (Å²) in [6, 6.07) is 13.1. The second-order valence-electron chi connectivity index (χ2n) is 4.68. The Kier molecular flexibility index (Phi) is 5.16. The molecule has 0 aromatic heterocycles. The molecule has 2 aromatic carbocycles. The molecule has 2 aromatic rings. The number of rotatable bonds is 5. The van der Waals surface area contributed by atoms with E-state index in [1.54, 1.807) is 36.4 Å². The molecule has 112 valence electrons. The first-order valence-electron chi connectivity index (χ1n) is 6.38. The molecule has 0 radical (unpaired) electrons. The Bertz CT molecular complexity index is 717. The van der Waals surface area contributed by atoms with Gasteiger partial charge in [0.25, 0.3) is 0 Å². The molecule has 0 aliphatic rings. The van der Waals surface area contributed by atoms with Crippen LogP contribution in [0.2, 0.25) is 0 Å². The molecule has 21 heavy (non-hydrogen) atoms. The van der Waals surface area contributed by atoms with Crippen molar-refractivity contribution < 1.29 is 13.5 Å². The Labute approximate surface area is 133 Å². The molecule has 0 saturated carbocycles. The van der Waals surface area contributed by atoms with Crippen LogP contribution in [0, 0.1) is 6.92 Å². The quantitative estimate of drug-likeness (QED) is 0.851. The first-order chi connectivity index (χ1) is 9.94. The van der Waals surface area contributed by atoms with Crippen molar-refractivity contribution in [2.24, 2.45) is 0 Å². The van der Waals surface area contributed by atoms with Gasteiger partial charge in [0.2, 0.25) is 10.0 Å². The summed E-state index contributed by atoms with van der Waals surface area (Å²) in [6.45, 7) is 1.52. The molecule has 0 spiro atoms. The maximum absolute atomic E-state index is 12.4. The van der Waals surface area contributed by atoms with E-state index in [9.17, 15) is 13.5 Å². The lowest BCUT2D eigenvalue weighted by Crippen LogP contribution is -2.30. The lowest BCUT2D eigenvalue weighted by Gasteiger charge is -2.17. The van der Waals surface area contributed by atoms with Crippen LogP contribution in [-0.4, -0.2) is 20.1 Å². The smallest absolute Gasteiger partial charge is 0.241 e. The zero-order chi connectivity index (χ0) is 15.5. The second-order valence-corrected chi connectivity index (χ2v) is 7.25. The lowest BCUT2D eigenvalue weighted by molar-refractivity contribution is 0.259. The van der Waals surface area contributed by atoms with Crippen LogP contribution in [0.15, 0.2) is 57.9 Å². The molecule has 0 unspecified atom stereocenters. The number of hydrogen-bond donors (Lipinski definition) is 2. The molecule has 2 rings (SSSR count). The molecule has 4 nitrogen and oxygen atoms in total. The van der Waals surface area contributed by atoms with E-state index in [0.29, 0.717) is 0 Å². The van der Waals surface area contributed by atoms with Gasteiger partial charge in [-0.05, 0) is 36.2 Å². The summed E-state index contributed by atoms with van der Waals surface area (Å²) in [5.41, 5.74) is 1.55. The van der Waals surface area contributed by atoms with Gasteiger partial charge >= 0.3 is 0 Å². The number of aliphatic hydroxyl groups excluding tert-OH is 1. The highest BCUT2D eigenvalue weighted by atomic mass is 79.9. The zero-order valence-corrected chi connectivity index (χ0v) is 13.9. The Balaban J connectivity index is 2.29. The Morgan fingerprint density at radius 3 is 2.43 bits per heavy atom.